The Kier molecular flexibility index (Phi) is 9.94. The van der Waals surface area contributed by atoms with Crippen LogP contribution < -0.4 is 15.4 Å². The van der Waals surface area contributed by atoms with Crippen LogP contribution >= 0.6 is 24.0 Å². The van der Waals surface area contributed by atoms with E-state index in [9.17, 15) is 13.2 Å². The summed E-state index contributed by atoms with van der Waals surface area (Å²) >= 11 is 0. The standard InChI is InChI=1S/C21H27F3N4O2.HI/c1-25-20(26-13-16-7-2-3-8-18(16)30-15-21(22,23)24)27-14-17(19-9-6-12-29-19)28-10-4-5-11-28;/h2-3,6-9,12,17H,4-5,10-11,13-15H2,1H3,(H2,25,26,27);1H. The molecular formula is C21H28F3IN4O2. The molecule has 1 atom stereocenters. The molecule has 1 aliphatic rings. The van der Waals surface area contributed by atoms with Gasteiger partial charge < -0.3 is 19.8 Å². The van der Waals surface area contributed by atoms with Gasteiger partial charge in [0.15, 0.2) is 12.6 Å². The number of nitrogens with zero attached hydrogens (tertiary/aromatic N) is 2. The van der Waals surface area contributed by atoms with Gasteiger partial charge in [-0.2, -0.15) is 13.2 Å². The Balaban J connectivity index is 0.00000341. The highest BCUT2D eigenvalue weighted by atomic mass is 127. The largest absolute Gasteiger partial charge is 0.484 e. The highest BCUT2D eigenvalue weighted by Crippen LogP contribution is 2.25. The van der Waals surface area contributed by atoms with Crippen LogP contribution in [-0.2, 0) is 6.54 Å². The number of benzene rings is 1. The number of aliphatic imine (C=N–C) groups is 1. The van der Waals surface area contributed by atoms with Crippen LogP contribution in [0.3, 0.4) is 0 Å². The molecule has 31 heavy (non-hydrogen) atoms. The predicted molar refractivity (Wildman–Crippen MR) is 124 cm³/mol. The minimum absolute atomic E-state index is 0. The Morgan fingerprint density at radius 3 is 2.55 bits per heavy atom. The van der Waals surface area contributed by atoms with Gasteiger partial charge in [-0.15, -0.1) is 24.0 Å². The van der Waals surface area contributed by atoms with Gasteiger partial charge in [-0.3, -0.25) is 9.89 Å². The van der Waals surface area contributed by atoms with E-state index in [0.717, 1.165) is 18.8 Å². The average Bonchev–Trinajstić information content (AvgIpc) is 3.44. The van der Waals surface area contributed by atoms with E-state index >= 15 is 0 Å². The lowest BCUT2D eigenvalue weighted by Gasteiger charge is -2.26. The summed E-state index contributed by atoms with van der Waals surface area (Å²) in [6.07, 6.45) is -0.379. The topological polar surface area (TPSA) is 62.0 Å². The second-order valence-electron chi connectivity index (χ2n) is 7.09. The third-order valence-corrected chi connectivity index (χ3v) is 4.95. The Morgan fingerprint density at radius 2 is 1.90 bits per heavy atom. The van der Waals surface area contributed by atoms with Gasteiger partial charge in [0.1, 0.15) is 11.5 Å². The van der Waals surface area contributed by atoms with E-state index in [1.165, 1.54) is 18.9 Å². The first-order chi connectivity index (χ1) is 14.5. The van der Waals surface area contributed by atoms with Crippen LogP contribution in [0.2, 0.25) is 0 Å². The first-order valence-corrected chi connectivity index (χ1v) is 9.95. The van der Waals surface area contributed by atoms with Gasteiger partial charge in [0.2, 0.25) is 0 Å². The van der Waals surface area contributed by atoms with Crippen LogP contribution in [0.25, 0.3) is 0 Å². The van der Waals surface area contributed by atoms with Crippen molar-refractivity contribution in [1.29, 1.82) is 0 Å². The Hall–Kier alpha value is -1.95. The normalized spacial score (nSPS) is 15.9. The molecule has 0 bridgehead atoms. The second-order valence-corrected chi connectivity index (χ2v) is 7.09. The predicted octanol–water partition coefficient (Wildman–Crippen LogP) is 4.34. The Bertz CT molecular complexity index is 809. The van der Waals surface area contributed by atoms with Crippen molar-refractivity contribution in [2.75, 3.05) is 33.3 Å². The fraction of sp³-hybridized carbons (Fsp3) is 0.476. The van der Waals surface area contributed by atoms with E-state index in [0.29, 0.717) is 18.1 Å². The summed E-state index contributed by atoms with van der Waals surface area (Å²) in [4.78, 5) is 6.60. The molecule has 1 aromatic heterocycles. The zero-order chi connectivity index (χ0) is 21.4. The summed E-state index contributed by atoms with van der Waals surface area (Å²) in [5, 5.41) is 6.44. The molecule has 2 aromatic rings. The van der Waals surface area contributed by atoms with Crippen molar-refractivity contribution in [3.05, 3.63) is 54.0 Å². The summed E-state index contributed by atoms with van der Waals surface area (Å²) in [6, 6.07) is 10.6. The summed E-state index contributed by atoms with van der Waals surface area (Å²) in [5.74, 6) is 1.64. The van der Waals surface area contributed by atoms with Crippen LogP contribution in [0.4, 0.5) is 13.2 Å². The number of furan rings is 1. The number of hydrogen-bond donors (Lipinski definition) is 2. The molecule has 0 saturated carbocycles. The molecule has 0 radical (unpaired) electrons. The molecule has 10 heteroatoms. The number of halogens is 4. The lowest BCUT2D eigenvalue weighted by Crippen LogP contribution is -2.42. The van der Waals surface area contributed by atoms with Gasteiger partial charge in [0, 0.05) is 25.7 Å². The minimum Gasteiger partial charge on any atom is -0.484 e. The van der Waals surface area contributed by atoms with E-state index in [2.05, 4.69) is 20.5 Å². The van der Waals surface area contributed by atoms with Gasteiger partial charge in [0.05, 0.1) is 12.3 Å². The molecule has 1 unspecified atom stereocenters. The van der Waals surface area contributed by atoms with Gasteiger partial charge in [-0.25, -0.2) is 0 Å². The monoisotopic (exact) mass is 552 g/mol. The Morgan fingerprint density at radius 1 is 1.16 bits per heavy atom. The number of para-hydroxylation sites is 1. The molecule has 1 fully saturated rings. The molecule has 0 spiro atoms. The second kappa shape index (κ2) is 12.2. The van der Waals surface area contributed by atoms with Gasteiger partial charge in [0.25, 0.3) is 0 Å². The molecule has 2 N–H and O–H groups in total. The highest BCUT2D eigenvalue weighted by molar-refractivity contribution is 14.0. The number of alkyl halides is 3. The summed E-state index contributed by atoms with van der Waals surface area (Å²) in [5.41, 5.74) is 0.617. The maximum Gasteiger partial charge on any atom is 0.422 e. The van der Waals surface area contributed by atoms with Crippen LogP contribution in [0.15, 0.2) is 52.1 Å². The van der Waals surface area contributed by atoms with Gasteiger partial charge in [-0.1, -0.05) is 18.2 Å². The number of guanidine groups is 1. The van der Waals surface area contributed by atoms with Crippen molar-refractivity contribution in [2.45, 2.75) is 31.6 Å². The van der Waals surface area contributed by atoms with Crippen LogP contribution in [0.1, 0.15) is 30.2 Å². The summed E-state index contributed by atoms with van der Waals surface area (Å²) in [6.45, 7) is 1.59. The number of rotatable bonds is 8. The minimum atomic E-state index is -4.38. The molecular weight excluding hydrogens is 524 g/mol. The van der Waals surface area contributed by atoms with Crippen molar-refractivity contribution in [1.82, 2.24) is 15.5 Å². The number of hydrogen-bond acceptors (Lipinski definition) is 4. The lowest BCUT2D eigenvalue weighted by atomic mass is 10.2. The zero-order valence-electron chi connectivity index (χ0n) is 17.3. The highest BCUT2D eigenvalue weighted by Gasteiger charge is 2.29. The van der Waals surface area contributed by atoms with E-state index in [-0.39, 0.29) is 42.3 Å². The molecule has 2 heterocycles. The number of likely N-dealkylation sites (tertiary alicyclic amines) is 1. The van der Waals surface area contributed by atoms with Crippen LogP contribution in [0.5, 0.6) is 5.75 Å². The molecule has 6 nitrogen and oxygen atoms in total. The van der Waals surface area contributed by atoms with Crippen molar-refractivity contribution in [3.8, 4) is 5.75 Å². The summed E-state index contributed by atoms with van der Waals surface area (Å²) < 4.78 is 48.0. The van der Waals surface area contributed by atoms with E-state index in [1.807, 2.05) is 12.1 Å². The molecule has 172 valence electrons. The van der Waals surface area contributed by atoms with Crippen molar-refractivity contribution >= 4 is 29.9 Å². The molecule has 0 amide bonds. The first-order valence-electron chi connectivity index (χ1n) is 9.95. The maximum atomic E-state index is 12.5. The molecule has 1 aromatic carbocycles. The number of nitrogens with one attached hydrogen (secondary N) is 2. The quantitative estimate of drug-likeness (QED) is 0.290. The third kappa shape index (κ3) is 7.91. The van der Waals surface area contributed by atoms with Gasteiger partial charge >= 0.3 is 6.18 Å². The van der Waals surface area contributed by atoms with Crippen LogP contribution in [0, 0.1) is 0 Å². The smallest absolute Gasteiger partial charge is 0.422 e. The zero-order valence-corrected chi connectivity index (χ0v) is 19.7. The van der Waals surface area contributed by atoms with Crippen molar-refractivity contribution < 1.29 is 22.3 Å². The third-order valence-electron chi connectivity index (χ3n) is 4.95. The fourth-order valence-electron chi connectivity index (χ4n) is 3.49. The SMILES string of the molecule is CN=C(NCc1ccccc1OCC(F)(F)F)NCC(c1ccco1)N1CCCC1.I. The molecule has 0 aliphatic carbocycles. The van der Waals surface area contributed by atoms with E-state index in [1.54, 1.807) is 31.5 Å². The summed E-state index contributed by atoms with van der Waals surface area (Å²) in [7, 11) is 1.65. The maximum absolute atomic E-state index is 12.5. The fourth-order valence-corrected chi connectivity index (χ4v) is 3.49. The van der Waals surface area contributed by atoms with Crippen molar-refractivity contribution in [3.63, 3.8) is 0 Å². The first kappa shape index (κ1) is 25.3. The van der Waals surface area contributed by atoms with E-state index in [4.69, 9.17) is 9.15 Å². The van der Waals surface area contributed by atoms with Crippen LogP contribution in [-0.4, -0.2) is 50.3 Å². The average molecular weight is 552 g/mol. The molecule has 1 saturated heterocycles. The molecule has 1 aliphatic heterocycles. The molecule has 3 rings (SSSR count). The van der Waals surface area contributed by atoms with Gasteiger partial charge in [-0.05, 0) is 44.1 Å². The van der Waals surface area contributed by atoms with E-state index < -0.39 is 12.8 Å². The Labute approximate surface area is 197 Å². The number of ether oxygens (including phenoxy) is 1. The lowest BCUT2D eigenvalue weighted by molar-refractivity contribution is -0.153. The van der Waals surface area contributed by atoms with Crippen molar-refractivity contribution in [2.24, 2.45) is 4.99 Å².